The van der Waals surface area contributed by atoms with Gasteiger partial charge >= 0.3 is 0 Å². The number of carbonyl (C=O) groups excluding carboxylic acids is 1. The quantitative estimate of drug-likeness (QED) is 0.822. The Labute approximate surface area is 143 Å². The number of carbonyl (C=O) groups is 1. The van der Waals surface area contributed by atoms with Crippen molar-refractivity contribution in [2.45, 2.75) is 32.6 Å². The van der Waals surface area contributed by atoms with E-state index in [1.165, 1.54) is 24.1 Å². The zero-order valence-electron chi connectivity index (χ0n) is 14.3. The van der Waals surface area contributed by atoms with Crippen molar-refractivity contribution in [2.75, 3.05) is 25.0 Å². The predicted molar refractivity (Wildman–Crippen MR) is 95.9 cm³/mol. The molecule has 128 valence electrons. The maximum Gasteiger partial charge on any atom is 0.225 e. The van der Waals surface area contributed by atoms with Crippen LogP contribution in [-0.4, -0.2) is 40.4 Å². The maximum absolute atomic E-state index is 12.1. The van der Waals surface area contributed by atoms with Crippen LogP contribution in [0, 0.1) is 12.8 Å². The monoisotopic (exact) mass is 326 g/mol. The number of likely N-dealkylation sites (tertiary alicyclic amines) is 1. The van der Waals surface area contributed by atoms with E-state index in [4.69, 9.17) is 0 Å². The Bertz CT molecular complexity index is 636. The van der Waals surface area contributed by atoms with Crippen molar-refractivity contribution in [3.63, 3.8) is 0 Å². The summed E-state index contributed by atoms with van der Waals surface area (Å²) in [4.78, 5) is 21.7. The minimum atomic E-state index is 0.0970. The Balaban J connectivity index is 1.35. The summed E-state index contributed by atoms with van der Waals surface area (Å²) in [6, 6.07) is 7.93. The number of H-pyrrole nitrogens is 1. The first kappa shape index (κ1) is 16.7. The Kier molecular flexibility index (Phi) is 5.64. The third kappa shape index (κ3) is 4.93. The molecule has 1 unspecified atom stereocenters. The summed E-state index contributed by atoms with van der Waals surface area (Å²) >= 11 is 0. The van der Waals surface area contributed by atoms with Gasteiger partial charge in [-0.3, -0.25) is 4.79 Å². The van der Waals surface area contributed by atoms with E-state index in [-0.39, 0.29) is 5.91 Å². The second kappa shape index (κ2) is 8.11. The smallest absolute Gasteiger partial charge is 0.225 e. The molecule has 2 N–H and O–H groups in total. The molecule has 1 fully saturated rings. The molecule has 1 aliphatic rings. The van der Waals surface area contributed by atoms with Gasteiger partial charge in [-0.2, -0.15) is 0 Å². The van der Waals surface area contributed by atoms with E-state index in [0.717, 1.165) is 37.7 Å². The first-order chi connectivity index (χ1) is 11.7. The molecule has 2 aromatic rings. The number of aryl methyl sites for hydroxylation is 2. The number of aromatic nitrogens is 2. The van der Waals surface area contributed by atoms with Crippen molar-refractivity contribution in [1.82, 2.24) is 14.9 Å². The molecule has 0 spiro atoms. The lowest BCUT2D eigenvalue weighted by atomic mass is 10.0. The number of nitrogens with zero attached hydrogens (tertiary/aromatic N) is 2. The van der Waals surface area contributed by atoms with Gasteiger partial charge in [0.1, 0.15) is 0 Å². The van der Waals surface area contributed by atoms with Crippen LogP contribution in [0.1, 0.15) is 30.5 Å². The SMILES string of the molecule is Cc1ccc(NC(=O)CCN2CCC(CCc3cnc[nH]3)C2)cc1. The van der Waals surface area contributed by atoms with Crippen LogP contribution in [0.15, 0.2) is 36.8 Å². The van der Waals surface area contributed by atoms with Gasteiger partial charge in [-0.25, -0.2) is 4.98 Å². The van der Waals surface area contributed by atoms with Crippen LogP contribution < -0.4 is 5.32 Å². The largest absolute Gasteiger partial charge is 0.348 e. The van der Waals surface area contributed by atoms with E-state index in [1.807, 2.05) is 37.4 Å². The first-order valence-electron chi connectivity index (χ1n) is 8.75. The third-order valence-electron chi connectivity index (χ3n) is 4.74. The van der Waals surface area contributed by atoms with Crippen LogP contribution in [-0.2, 0) is 11.2 Å². The van der Waals surface area contributed by atoms with Gasteiger partial charge in [0.2, 0.25) is 5.91 Å². The minimum Gasteiger partial charge on any atom is -0.348 e. The van der Waals surface area contributed by atoms with Gasteiger partial charge < -0.3 is 15.2 Å². The summed E-state index contributed by atoms with van der Waals surface area (Å²) in [6.07, 6.45) is 7.68. The molecule has 2 heterocycles. The molecule has 5 nitrogen and oxygen atoms in total. The van der Waals surface area contributed by atoms with Crippen LogP contribution in [0.3, 0.4) is 0 Å². The van der Waals surface area contributed by atoms with Gasteiger partial charge in [0.25, 0.3) is 0 Å². The van der Waals surface area contributed by atoms with Gasteiger partial charge in [0.15, 0.2) is 0 Å². The van der Waals surface area contributed by atoms with Gasteiger partial charge in [0.05, 0.1) is 6.33 Å². The van der Waals surface area contributed by atoms with Crippen molar-refractivity contribution in [3.8, 4) is 0 Å². The molecule has 0 saturated carbocycles. The first-order valence-corrected chi connectivity index (χ1v) is 8.75. The normalized spacial score (nSPS) is 18.0. The van der Waals surface area contributed by atoms with Crippen molar-refractivity contribution in [2.24, 2.45) is 5.92 Å². The highest BCUT2D eigenvalue weighted by Crippen LogP contribution is 2.21. The zero-order valence-corrected chi connectivity index (χ0v) is 14.3. The average Bonchev–Trinajstić information content (AvgIpc) is 3.25. The molecule has 1 aromatic heterocycles. The van der Waals surface area contributed by atoms with Gasteiger partial charge in [-0.05, 0) is 50.8 Å². The summed E-state index contributed by atoms with van der Waals surface area (Å²) < 4.78 is 0. The third-order valence-corrected chi connectivity index (χ3v) is 4.74. The molecule has 0 radical (unpaired) electrons. The summed E-state index contributed by atoms with van der Waals surface area (Å²) in [5, 5.41) is 2.97. The van der Waals surface area contributed by atoms with Gasteiger partial charge in [-0.1, -0.05) is 17.7 Å². The van der Waals surface area contributed by atoms with Crippen LogP contribution in [0.4, 0.5) is 5.69 Å². The van der Waals surface area contributed by atoms with Gasteiger partial charge in [0, 0.05) is 37.1 Å². The molecular weight excluding hydrogens is 300 g/mol. The van der Waals surface area contributed by atoms with Crippen LogP contribution in [0.5, 0.6) is 0 Å². The van der Waals surface area contributed by atoms with Crippen LogP contribution in [0.2, 0.25) is 0 Å². The molecule has 3 rings (SSSR count). The van der Waals surface area contributed by atoms with Gasteiger partial charge in [-0.15, -0.1) is 0 Å². The Morgan fingerprint density at radius 3 is 2.96 bits per heavy atom. The van der Waals surface area contributed by atoms with E-state index < -0.39 is 0 Å². The van der Waals surface area contributed by atoms with Crippen molar-refractivity contribution in [1.29, 1.82) is 0 Å². The number of benzene rings is 1. The lowest BCUT2D eigenvalue weighted by Crippen LogP contribution is -2.26. The van der Waals surface area contributed by atoms with Crippen LogP contribution >= 0.6 is 0 Å². The van der Waals surface area contributed by atoms with E-state index in [9.17, 15) is 4.79 Å². The lowest BCUT2D eigenvalue weighted by Gasteiger charge is -2.15. The highest BCUT2D eigenvalue weighted by Gasteiger charge is 2.22. The molecule has 0 bridgehead atoms. The summed E-state index contributed by atoms with van der Waals surface area (Å²) in [7, 11) is 0. The Morgan fingerprint density at radius 1 is 1.38 bits per heavy atom. The fraction of sp³-hybridized carbons (Fsp3) is 0.474. The van der Waals surface area contributed by atoms with E-state index >= 15 is 0 Å². The number of hydrogen-bond donors (Lipinski definition) is 2. The highest BCUT2D eigenvalue weighted by atomic mass is 16.1. The van der Waals surface area contributed by atoms with E-state index in [2.05, 4.69) is 20.2 Å². The topological polar surface area (TPSA) is 61.0 Å². The Hall–Kier alpha value is -2.14. The second-order valence-electron chi connectivity index (χ2n) is 6.74. The van der Waals surface area contributed by atoms with Crippen LogP contribution in [0.25, 0.3) is 0 Å². The number of anilines is 1. The fourth-order valence-corrected chi connectivity index (χ4v) is 3.25. The molecule has 0 aliphatic carbocycles. The molecule has 1 atom stereocenters. The second-order valence-corrected chi connectivity index (χ2v) is 6.74. The molecule has 1 saturated heterocycles. The van der Waals surface area contributed by atoms with Crippen molar-refractivity contribution in [3.05, 3.63) is 48.0 Å². The number of amides is 1. The number of rotatable bonds is 7. The molecule has 5 heteroatoms. The number of aromatic amines is 1. The molecular formula is C19H26N4O. The van der Waals surface area contributed by atoms with E-state index in [0.29, 0.717) is 6.42 Å². The van der Waals surface area contributed by atoms with E-state index in [1.54, 1.807) is 6.33 Å². The fourth-order valence-electron chi connectivity index (χ4n) is 3.25. The zero-order chi connectivity index (χ0) is 16.8. The molecule has 1 amide bonds. The Morgan fingerprint density at radius 2 is 2.21 bits per heavy atom. The molecule has 1 aliphatic heterocycles. The predicted octanol–water partition coefficient (Wildman–Crippen LogP) is 3.00. The minimum absolute atomic E-state index is 0.0970. The average molecular weight is 326 g/mol. The molecule has 24 heavy (non-hydrogen) atoms. The number of imidazole rings is 1. The van der Waals surface area contributed by atoms with Crippen molar-refractivity contribution < 1.29 is 4.79 Å². The summed E-state index contributed by atoms with van der Waals surface area (Å²) in [5.41, 5.74) is 3.29. The number of nitrogens with one attached hydrogen (secondary N) is 2. The standard InChI is InChI=1S/C19H26N4O/c1-15-2-5-17(6-3-15)22-19(24)9-11-23-10-8-16(13-23)4-7-18-12-20-14-21-18/h2-3,5-6,12,14,16H,4,7-11,13H2,1H3,(H,20,21)(H,22,24). The summed E-state index contributed by atoms with van der Waals surface area (Å²) in [6.45, 7) is 5.09. The highest BCUT2D eigenvalue weighted by molar-refractivity contribution is 5.90. The molecule has 1 aromatic carbocycles. The maximum atomic E-state index is 12.1. The summed E-state index contributed by atoms with van der Waals surface area (Å²) in [5.74, 6) is 0.827. The number of hydrogen-bond acceptors (Lipinski definition) is 3. The van der Waals surface area contributed by atoms with Crippen molar-refractivity contribution >= 4 is 11.6 Å². The lowest BCUT2D eigenvalue weighted by molar-refractivity contribution is -0.116.